The van der Waals surface area contributed by atoms with E-state index in [2.05, 4.69) is 24.1 Å². The third-order valence-electron chi connectivity index (χ3n) is 3.94. The van der Waals surface area contributed by atoms with Crippen molar-refractivity contribution in [3.05, 3.63) is 22.8 Å². The summed E-state index contributed by atoms with van der Waals surface area (Å²) in [6.45, 7) is 5.85. The van der Waals surface area contributed by atoms with Gasteiger partial charge in [-0.1, -0.05) is 31.4 Å². The fourth-order valence-corrected chi connectivity index (χ4v) is 2.90. The molecular weight excluding hydrogens is 286 g/mol. The summed E-state index contributed by atoms with van der Waals surface area (Å²) in [5.74, 6) is 0.694. The van der Waals surface area contributed by atoms with Crippen molar-refractivity contribution in [3.8, 4) is 0 Å². The quantitative estimate of drug-likeness (QED) is 0.915. The van der Waals surface area contributed by atoms with Crippen molar-refractivity contribution < 1.29 is 4.79 Å². The summed E-state index contributed by atoms with van der Waals surface area (Å²) >= 11 is 6.22. The van der Waals surface area contributed by atoms with Gasteiger partial charge in [0.25, 0.3) is 5.91 Å². The van der Waals surface area contributed by atoms with Crippen molar-refractivity contribution in [1.82, 2.24) is 9.88 Å². The molecule has 1 aliphatic rings. The molecule has 0 spiro atoms. The molecule has 1 amide bonds. The van der Waals surface area contributed by atoms with E-state index >= 15 is 0 Å². The van der Waals surface area contributed by atoms with Crippen LogP contribution in [-0.4, -0.2) is 34.9 Å². The molecule has 0 radical (unpaired) electrons. The Morgan fingerprint density at radius 1 is 1.48 bits per heavy atom. The number of aromatic nitrogens is 1. The van der Waals surface area contributed by atoms with Gasteiger partial charge in [-0.3, -0.25) is 4.79 Å². The molecule has 1 N–H and O–H groups in total. The summed E-state index contributed by atoms with van der Waals surface area (Å²) in [6.07, 6.45) is 7.18. The molecule has 21 heavy (non-hydrogen) atoms. The van der Waals surface area contributed by atoms with Gasteiger partial charge in [0.2, 0.25) is 0 Å². The lowest BCUT2D eigenvalue weighted by atomic mass is 10.1. The molecule has 4 nitrogen and oxygen atoms in total. The highest BCUT2D eigenvalue weighted by molar-refractivity contribution is 6.33. The van der Waals surface area contributed by atoms with E-state index in [9.17, 15) is 4.79 Å². The number of nitrogens with zero attached hydrogens (tertiary/aromatic N) is 2. The standard InChI is InChI=1S/C16H24ClN3O/c1-3-8-18-15-14(17)10-13(11-19-15)16(21)20-9-6-4-5-7-12(20)2/h10-12H,3-9H2,1-2H3,(H,18,19). The van der Waals surface area contributed by atoms with E-state index < -0.39 is 0 Å². The van der Waals surface area contributed by atoms with Crippen LogP contribution in [0.5, 0.6) is 0 Å². The van der Waals surface area contributed by atoms with Gasteiger partial charge in [0.05, 0.1) is 10.6 Å². The number of halogens is 1. The van der Waals surface area contributed by atoms with Crippen molar-refractivity contribution in [2.24, 2.45) is 0 Å². The second-order valence-corrected chi connectivity index (χ2v) is 6.09. The topological polar surface area (TPSA) is 45.2 Å². The van der Waals surface area contributed by atoms with Crippen LogP contribution in [0.15, 0.2) is 12.3 Å². The second-order valence-electron chi connectivity index (χ2n) is 5.68. The Balaban J connectivity index is 2.13. The molecular formula is C16H24ClN3O. The summed E-state index contributed by atoms with van der Waals surface area (Å²) in [6, 6.07) is 2.02. The Labute approximate surface area is 131 Å². The fraction of sp³-hybridized carbons (Fsp3) is 0.625. The first-order valence-corrected chi connectivity index (χ1v) is 8.21. The van der Waals surface area contributed by atoms with E-state index in [-0.39, 0.29) is 11.9 Å². The molecule has 2 rings (SSSR count). The molecule has 1 fully saturated rings. The third kappa shape index (κ3) is 4.10. The van der Waals surface area contributed by atoms with Crippen LogP contribution in [0.4, 0.5) is 5.82 Å². The Hall–Kier alpha value is -1.29. The lowest BCUT2D eigenvalue weighted by Crippen LogP contribution is -2.38. The summed E-state index contributed by atoms with van der Waals surface area (Å²) in [5.41, 5.74) is 0.579. The van der Waals surface area contributed by atoms with E-state index in [0.717, 1.165) is 32.4 Å². The van der Waals surface area contributed by atoms with Crippen LogP contribution < -0.4 is 5.32 Å². The highest BCUT2D eigenvalue weighted by atomic mass is 35.5. The molecule has 0 aromatic carbocycles. The van der Waals surface area contributed by atoms with Gasteiger partial charge in [0.1, 0.15) is 5.82 Å². The number of amides is 1. The van der Waals surface area contributed by atoms with Gasteiger partial charge in [-0.2, -0.15) is 0 Å². The number of carbonyl (C=O) groups is 1. The lowest BCUT2D eigenvalue weighted by Gasteiger charge is -2.27. The van der Waals surface area contributed by atoms with Crippen molar-refractivity contribution >= 4 is 23.3 Å². The van der Waals surface area contributed by atoms with Crippen LogP contribution in [0.25, 0.3) is 0 Å². The third-order valence-corrected chi connectivity index (χ3v) is 4.23. The van der Waals surface area contributed by atoms with Crippen molar-refractivity contribution in [3.63, 3.8) is 0 Å². The number of pyridine rings is 1. The SMILES string of the molecule is CCCNc1ncc(C(=O)N2CCCCCC2C)cc1Cl. The molecule has 0 aliphatic carbocycles. The number of hydrogen-bond donors (Lipinski definition) is 1. The number of hydrogen-bond acceptors (Lipinski definition) is 3. The monoisotopic (exact) mass is 309 g/mol. The summed E-state index contributed by atoms with van der Waals surface area (Å²) < 4.78 is 0. The van der Waals surface area contributed by atoms with Crippen molar-refractivity contribution in [2.45, 2.75) is 52.0 Å². The Bertz CT molecular complexity index is 492. The highest BCUT2D eigenvalue weighted by Gasteiger charge is 2.23. The molecule has 1 aliphatic heterocycles. The number of anilines is 1. The Morgan fingerprint density at radius 3 is 3.00 bits per heavy atom. The van der Waals surface area contributed by atoms with Crippen LogP contribution in [0.2, 0.25) is 5.02 Å². The molecule has 0 saturated carbocycles. The van der Waals surface area contributed by atoms with Crippen LogP contribution in [0.3, 0.4) is 0 Å². The molecule has 1 saturated heterocycles. The second kappa shape index (κ2) is 7.64. The first-order valence-electron chi connectivity index (χ1n) is 7.84. The first kappa shape index (κ1) is 16.1. The van der Waals surface area contributed by atoms with Gasteiger partial charge in [0, 0.05) is 25.3 Å². The minimum absolute atomic E-state index is 0.0424. The normalized spacial score (nSPS) is 19.2. The van der Waals surface area contributed by atoms with Gasteiger partial charge in [0.15, 0.2) is 0 Å². The zero-order valence-corrected chi connectivity index (χ0v) is 13.6. The Kier molecular flexibility index (Phi) is 5.85. The Morgan fingerprint density at radius 2 is 2.29 bits per heavy atom. The average molecular weight is 310 g/mol. The van der Waals surface area contributed by atoms with E-state index in [0.29, 0.717) is 16.4 Å². The number of likely N-dealkylation sites (tertiary alicyclic amines) is 1. The summed E-state index contributed by atoms with van der Waals surface area (Å²) in [7, 11) is 0. The molecule has 5 heteroatoms. The molecule has 1 aromatic heterocycles. The molecule has 116 valence electrons. The lowest BCUT2D eigenvalue weighted by molar-refractivity contribution is 0.0697. The van der Waals surface area contributed by atoms with E-state index in [1.165, 1.54) is 12.8 Å². The molecule has 2 heterocycles. The smallest absolute Gasteiger partial charge is 0.255 e. The number of rotatable bonds is 4. The maximum atomic E-state index is 12.6. The highest BCUT2D eigenvalue weighted by Crippen LogP contribution is 2.23. The predicted molar refractivity (Wildman–Crippen MR) is 87.0 cm³/mol. The molecule has 1 aromatic rings. The van der Waals surface area contributed by atoms with Crippen LogP contribution >= 0.6 is 11.6 Å². The van der Waals surface area contributed by atoms with Gasteiger partial charge in [-0.15, -0.1) is 0 Å². The van der Waals surface area contributed by atoms with Crippen LogP contribution in [-0.2, 0) is 0 Å². The van der Waals surface area contributed by atoms with E-state index in [4.69, 9.17) is 11.6 Å². The van der Waals surface area contributed by atoms with Gasteiger partial charge >= 0.3 is 0 Å². The van der Waals surface area contributed by atoms with E-state index in [1.807, 2.05) is 4.90 Å². The molecule has 1 unspecified atom stereocenters. The minimum atomic E-state index is 0.0424. The zero-order chi connectivity index (χ0) is 15.2. The van der Waals surface area contributed by atoms with Crippen LogP contribution in [0.1, 0.15) is 56.3 Å². The number of carbonyl (C=O) groups excluding carboxylic acids is 1. The average Bonchev–Trinajstić information content (AvgIpc) is 2.70. The molecule has 1 atom stereocenters. The minimum Gasteiger partial charge on any atom is -0.369 e. The first-order chi connectivity index (χ1) is 10.1. The maximum Gasteiger partial charge on any atom is 0.255 e. The molecule has 0 bridgehead atoms. The largest absolute Gasteiger partial charge is 0.369 e. The fourth-order valence-electron chi connectivity index (χ4n) is 2.67. The summed E-state index contributed by atoms with van der Waals surface area (Å²) in [4.78, 5) is 18.9. The predicted octanol–water partition coefficient (Wildman–Crippen LogP) is 3.96. The maximum absolute atomic E-state index is 12.6. The van der Waals surface area contributed by atoms with Gasteiger partial charge in [-0.05, 0) is 32.3 Å². The van der Waals surface area contributed by atoms with Crippen molar-refractivity contribution in [2.75, 3.05) is 18.4 Å². The zero-order valence-electron chi connectivity index (χ0n) is 12.9. The van der Waals surface area contributed by atoms with Crippen molar-refractivity contribution in [1.29, 1.82) is 0 Å². The van der Waals surface area contributed by atoms with Gasteiger partial charge in [-0.25, -0.2) is 4.98 Å². The summed E-state index contributed by atoms with van der Waals surface area (Å²) in [5, 5.41) is 3.67. The van der Waals surface area contributed by atoms with Crippen LogP contribution in [0, 0.1) is 0 Å². The van der Waals surface area contributed by atoms with E-state index in [1.54, 1.807) is 12.3 Å². The van der Waals surface area contributed by atoms with Gasteiger partial charge < -0.3 is 10.2 Å². The number of nitrogens with one attached hydrogen (secondary N) is 1.